The second-order valence-electron chi connectivity index (χ2n) is 3.98. The molecular formula is C13H20N2O3. The fourth-order valence-electron chi connectivity index (χ4n) is 1.49. The molecule has 1 rings (SSSR count). The summed E-state index contributed by atoms with van der Waals surface area (Å²) < 4.78 is 10.3. The van der Waals surface area contributed by atoms with E-state index in [-0.39, 0.29) is 12.5 Å². The van der Waals surface area contributed by atoms with Gasteiger partial charge in [0.1, 0.15) is 11.8 Å². The van der Waals surface area contributed by atoms with E-state index in [0.717, 1.165) is 5.56 Å². The van der Waals surface area contributed by atoms with E-state index in [4.69, 9.17) is 15.2 Å². The third-order valence-electron chi connectivity index (χ3n) is 2.38. The molecule has 0 saturated heterocycles. The van der Waals surface area contributed by atoms with Crippen molar-refractivity contribution in [3.8, 4) is 5.75 Å². The lowest BCUT2D eigenvalue weighted by Crippen LogP contribution is -2.39. The molecule has 1 atom stereocenters. The molecule has 0 spiro atoms. The number of aryl methyl sites for hydroxylation is 1. The Balaban J connectivity index is 2.80. The van der Waals surface area contributed by atoms with Crippen molar-refractivity contribution in [3.63, 3.8) is 0 Å². The van der Waals surface area contributed by atoms with E-state index in [1.807, 2.05) is 26.0 Å². The Morgan fingerprint density at radius 3 is 2.83 bits per heavy atom. The van der Waals surface area contributed by atoms with E-state index in [1.165, 1.54) is 7.11 Å². The Morgan fingerprint density at radius 1 is 1.50 bits per heavy atom. The zero-order chi connectivity index (χ0) is 13.5. The number of rotatable bonds is 6. The van der Waals surface area contributed by atoms with Crippen LogP contribution in [0.1, 0.15) is 12.5 Å². The molecule has 1 aromatic rings. The number of carbonyl (C=O) groups excluding carboxylic acids is 1. The first-order valence-electron chi connectivity index (χ1n) is 5.87. The van der Waals surface area contributed by atoms with Crippen LogP contribution < -0.4 is 15.8 Å². The van der Waals surface area contributed by atoms with Crippen molar-refractivity contribution in [2.45, 2.75) is 19.9 Å². The predicted molar refractivity (Wildman–Crippen MR) is 70.8 cm³/mol. The summed E-state index contributed by atoms with van der Waals surface area (Å²) in [4.78, 5) is 11.8. The largest absolute Gasteiger partial charge is 0.492 e. The zero-order valence-electron chi connectivity index (χ0n) is 11.0. The van der Waals surface area contributed by atoms with E-state index in [1.54, 1.807) is 6.07 Å². The van der Waals surface area contributed by atoms with Gasteiger partial charge in [0.25, 0.3) is 0 Å². The number of nitrogens with one attached hydrogen (secondary N) is 1. The van der Waals surface area contributed by atoms with E-state index in [9.17, 15) is 4.79 Å². The summed E-state index contributed by atoms with van der Waals surface area (Å²) in [5, 5.41) is 2.74. The zero-order valence-corrected chi connectivity index (χ0v) is 11.0. The smallest absolute Gasteiger partial charge is 0.243 e. The molecule has 0 bridgehead atoms. The van der Waals surface area contributed by atoms with Gasteiger partial charge in [-0.3, -0.25) is 4.79 Å². The third-order valence-corrected chi connectivity index (χ3v) is 2.38. The summed E-state index contributed by atoms with van der Waals surface area (Å²) in [5.74, 6) is 0.358. The summed E-state index contributed by atoms with van der Waals surface area (Å²) in [6.07, 6.45) is 0. The molecule has 5 nitrogen and oxygen atoms in total. The Morgan fingerprint density at radius 2 is 2.22 bits per heavy atom. The van der Waals surface area contributed by atoms with Gasteiger partial charge in [-0.1, -0.05) is 6.07 Å². The van der Waals surface area contributed by atoms with E-state index in [2.05, 4.69) is 5.32 Å². The lowest BCUT2D eigenvalue weighted by atomic mass is 10.2. The van der Waals surface area contributed by atoms with Crippen molar-refractivity contribution in [2.24, 2.45) is 5.73 Å². The second-order valence-corrected chi connectivity index (χ2v) is 3.98. The van der Waals surface area contributed by atoms with Gasteiger partial charge < -0.3 is 20.5 Å². The highest BCUT2D eigenvalue weighted by molar-refractivity contribution is 5.96. The van der Waals surface area contributed by atoms with Gasteiger partial charge in [-0.05, 0) is 31.5 Å². The molecular weight excluding hydrogens is 232 g/mol. The number of carbonyl (C=O) groups is 1. The fraction of sp³-hybridized carbons (Fsp3) is 0.462. The quantitative estimate of drug-likeness (QED) is 0.800. The number of amides is 1. The van der Waals surface area contributed by atoms with E-state index < -0.39 is 6.04 Å². The van der Waals surface area contributed by atoms with Crippen LogP contribution in [0.2, 0.25) is 0 Å². The van der Waals surface area contributed by atoms with Crippen LogP contribution in [0.5, 0.6) is 5.75 Å². The van der Waals surface area contributed by atoms with Gasteiger partial charge in [-0.15, -0.1) is 0 Å². The molecule has 1 unspecified atom stereocenters. The van der Waals surface area contributed by atoms with Gasteiger partial charge in [0.05, 0.1) is 18.9 Å². The summed E-state index contributed by atoms with van der Waals surface area (Å²) >= 11 is 0. The molecule has 0 fully saturated rings. The van der Waals surface area contributed by atoms with Crippen LogP contribution in [0.3, 0.4) is 0 Å². The minimum absolute atomic E-state index is 0.182. The van der Waals surface area contributed by atoms with Crippen molar-refractivity contribution >= 4 is 11.6 Å². The molecule has 3 N–H and O–H groups in total. The molecule has 0 aliphatic carbocycles. The maximum atomic E-state index is 11.8. The molecule has 18 heavy (non-hydrogen) atoms. The molecule has 0 aliphatic heterocycles. The van der Waals surface area contributed by atoms with Gasteiger partial charge >= 0.3 is 0 Å². The summed E-state index contributed by atoms with van der Waals surface area (Å²) in [7, 11) is 1.50. The van der Waals surface area contributed by atoms with Gasteiger partial charge in [-0.2, -0.15) is 0 Å². The molecule has 0 saturated carbocycles. The van der Waals surface area contributed by atoms with Crippen molar-refractivity contribution in [2.75, 3.05) is 25.6 Å². The molecule has 1 aromatic carbocycles. The SMILES string of the molecule is CCOc1cc(C)ccc1NC(=O)C(N)COC. The number of nitrogens with two attached hydrogens (primary N) is 1. The van der Waals surface area contributed by atoms with Crippen molar-refractivity contribution in [1.29, 1.82) is 0 Å². The van der Waals surface area contributed by atoms with Crippen LogP contribution in [0.15, 0.2) is 18.2 Å². The third kappa shape index (κ3) is 4.01. The van der Waals surface area contributed by atoms with Gasteiger partial charge in [0.2, 0.25) is 5.91 Å². The molecule has 1 amide bonds. The molecule has 0 heterocycles. The molecule has 100 valence electrons. The molecule has 0 aliphatic rings. The normalized spacial score (nSPS) is 12.0. The predicted octanol–water partition coefficient (Wildman–Crippen LogP) is 1.31. The summed E-state index contributed by atoms with van der Waals surface area (Å²) in [5.41, 5.74) is 7.34. The number of methoxy groups -OCH3 is 1. The Kier molecular flexibility index (Phi) is 5.61. The first kappa shape index (κ1) is 14.5. The minimum atomic E-state index is -0.689. The molecule has 5 heteroatoms. The van der Waals surface area contributed by atoms with Crippen LogP contribution in [-0.2, 0) is 9.53 Å². The lowest BCUT2D eigenvalue weighted by molar-refractivity contribution is -0.118. The Labute approximate surface area is 107 Å². The average Bonchev–Trinajstić information content (AvgIpc) is 2.33. The summed E-state index contributed by atoms with van der Waals surface area (Å²) in [6, 6.07) is 4.89. The number of hydrogen-bond acceptors (Lipinski definition) is 4. The fourth-order valence-corrected chi connectivity index (χ4v) is 1.49. The van der Waals surface area contributed by atoms with Crippen molar-refractivity contribution < 1.29 is 14.3 Å². The highest BCUT2D eigenvalue weighted by Gasteiger charge is 2.15. The van der Waals surface area contributed by atoms with Gasteiger partial charge in [0, 0.05) is 7.11 Å². The van der Waals surface area contributed by atoms with Crippen molar-refractivity contribution in [1.82, 2.24) is 0 Å². The van der Waals surface area contributed by atoms with Crippen LogP contribution in [0.25, 0.3) is 0 Å². The first-order chi connectivity index (χ1) is 8.58. The Hall–Kier alpha value is -1.59. The van der Waals surface area contributed by atoms with Gasteiger partial charge in [0.15, 0.2) is 0 Å². The molecule has 0 aromatic heterocycles. The highest BCUT2D eigenvalue weighted by Crippen LogP contribution is 2.25. The van der Waals surface area contributed by atoms with Crippen molar-refractivity contribution in [3.05, 3.63) is 23.8 Å². The topological polar surface area (TPSA) is 73.6 Å². The Bertz CT molecular complexity index is 407. The van der Waals surface area contributed by atoms with E-state index in [0.29, 0.717) is 18.0 Å². The first-order valence-corrected chi connectivity index (χ1v) is 5.87. The van der Waals surface area contributed by atoms with Crippen LogP contribution in [0.4, 0.5) is 5.69 Å². The number of benzene rings is 1. The molecule has 0 radical (unpaired) electrons. The average molecular weight is 252 g/mol. The monoisotopic (exact) mass is 252 g/mol. The maximum absolute atomic E-state index is 11.8. The van der Waals surface area contributed by atoms with Crippen LogP contribution in [-0.4, -0.2) is 32.3 Å². The van der Waals surface area contributed by atoms with E-state index >= 15 is 0 Å². The minimum Gasteiger partial charge on any atom is -0.492 e. The van der Waals surface area contributed by atoms with Crippen LogP contribution >= 0.6 is 0 Å². The second kappa shape index (κ2) is 6.98. The standard InChI is InChI=1S/C13H20N2O3/c1-4-18-12-7-9(2)5-6-11(12)15-13(16)10(14)8-17-3/h5-7,10H,4,8,14H2,1-3H3,(H,15,16). The highest BCUT2D eigenvalue weighted by atomic mass is 16.5. The summed E-state index contributed by atoms with van der Waals surface area (Å²) in [6.45, 7) is 4.58. The number of ether oxygens (including phenoxy) is 2. The van der Waals surface area contributed by atoms with Crippen LogP contribution in [0, 0.1) is 6.92 Å². The number of hydrogen-bond donors (Lipinski definition) is 2. The maximum Gasteiger partial charge on any atom is 0.243 e. The lowest BCUT2D eigenvalue weighted by Gasteiger charge is -2.15. The van der Waals surface area contributed by atoms with Gasteiger partial charge in [-0.25, -0.2) is 0 Å². The number of anilines is 1.